The van der Waals surface area contributed by atoms with E-state index in [4.69, 9.17) is 9.47 Å². The van der Waals surface area contributed by atoms with E-state index in [1.54, 1.807) is 0 Å². The standard InChI is InChI=1S/C13H22O3/c1-15-13(14)11-7-5-10(6-8-11)12-4-2-3-9-16-12/h10-12H,2-9H2,1H3. The molecule has 0 spiro atoms. The van der Waals surface area contributed by atoms with Crippen LogP contribution >= 0.6 is 0 Å². The molecule has 1 heterocycles. The van der Waals surface area contributed by atoms with Crippen LogP contribution in [0.15, 0.2) is 0 Å². The van der Waals surface area contributed by atoms with Gasteiger partial charge >= 0.3 is 5.97 Å². The van der Waals surface area contributed by atoms with Crippen LogP contribution in [-0.4, -0.2) is 25.8 Å². The van der Waals surface area contributed by atoms with E-state index in [1.807, 2.05) is 0 Å². The largest absolute Gasteiger partial charge is 0.469 e. The Bertz CT molecular complexity index is 225. The van der Waals surface area contributed by atoms with Crippen molar-refractivity contribution in [2.24, 2.45) is 11.8 Å². The van der Waals surface area contributed by atoms with Gasteiger partial charge in [0, 0.05) is 6.61 Å². The SMILES string of the molecule is COC(=O)C1CCC(C2CCCCO2)CC1. The molecule has 1 saturated carbocycles. The molecule has 3 heteroatoms. The minimum absolute atomic E-state index is 0.0250. The smallest absolute Gasteiger partial charge is 0.308 e. The molecule has 0 amide bonds. The molecule has 1 atom stereocenters. The van der Waals surface area contributed by atoms with Gasteiger partial charge in [-0.3, -0.25) is 4.79 Å². The van der Waals surface area contributed by atoms with Crippen molar-refractivity contribution in [2.75, 3.05) is 13.7 Å². The Kier molecular flexibility index (Phi) is 4.22. The highest BCUT2D eigenvalue weighted by atomic mass is 16.5. The summed E-state index contributed by atoms with van der Waals surface area (Å²) in [5, 5.41) is 0. The van der Waals surface area contributed by atoms with Gasteiger partial charge in [0.2, 0.25) is 0 Å². The Morgan fingerprint density at radius 1 is 1.12 bits per heavy atom. The van der Waals surface area contributed by atoms with Gasteiger partial charge in [-0.1, -0.05) is 0 Å². The van der Waals surface area contributed by atoms with Crippen LogP contribution in [-0.2, 0) is 14.3 Å². The Hall–Kier alpha value is -0.570. The fourth-order valence-corrected chi connectivity index (χ4v) is 3.03. The maximum Gasteiger partial charge on any atom is 0.308 e. The lowest BCUT2D eigenvalue weighted by Gasteiger charge is -2.34. The molecule has 1 aliphatic carbocycles. The first kappa shape index (κ1) is 11.9. The predicted molar refractivity (Wildman–Crippen MR) is 61.1 cm³/mol. The number of ether oxygens (including phenoxy) is 2. The average molecular weight is 226 g/mol. The first-order valence-electron chi connectivity index (χ1n) is 6.50. The zero-order chi connectivity index (χ0) is 11.4. The van der Waals surface area contributed by atoms with E-state index in [0.29, 0.717) is 12.0 Å². The summed E-state index contributed by atoms with van der Waals surface area (Å²) in [5.74, 6) is 0.800. The average Bonchev–Trinajstić information content (AvgIpc) is 2.39. The highest BCUT2D eigenvalue weighted by Crippen LogP contribution is 2.35. The number of hydrogen-bond acceptors (Lipinski definition) is 3. The van der Waals surface area contributed by atoms with Crippen LogP contribution < -0.4 is 0 Å². The van der Waals surface area contributed by atoms with Gasteiger partial charge in [-0.05, 0) is 50.9 Å². The Labute approximate surface area is 97.5 Å². The molecule has 1 saturated heterocycles. The normalized spacial score (nSPS) is 35.7. The first-order chi connectivity index (χ1) is 7.81. The van der Waals surface area contributed by atoms with Gasteiger partial charge in [-0.2, -0.15) is 0 Å². The van der Waals surface area contributed by atoms with Crippen molar-refractivity contribution in [2.45, 2.75) is 51.0 Å². The van der Waals surface area contributed by atoms with Gasteiger partial charge in [0.15, 0.2) is 0 Å². The van der Waals surface area contributed by atoms with Crippen molar-refractivity contribution < 1.29 is 14.3 Å². The molecule has 92 valence electrons. The van der Waals surface area contributed by atoms with Crippen molar-refractivity contribution >= 4 is 5.97 Å². The lowest BCUT2D eigenvalue weighted by molar-refractivity contribution is -0.147. The fourth-order valence-electron chi connectivity index (χ4n) is 3.03. The van der Waals surface area contributed by atoms with Crippen LogP contribution in [0.3, 0.4) is 0 Å². The summed E-state index contributed by atoms with van der Waals surface area (Å²) < 4.78 is 10.6. The molecule has 16 heavy (non-hydrogen) atoms. The summed E-state index contributed by atoms with van der Waals surface area (Å²) >= 11 is 0. The number of esters is 1. The predicted octanol–water partition coefficient (Wildman–Crippen LogP) is 2.53. The van der Waals surface area contributed by atoms with E-state index in [-0.39, 0.29) is 11.9 Å². The van der Waals surface area contributed by atoms with Crippen LogP contribution in [0.4, 0.5) is 0 Å². The topological polar surface area (TPSA) is 35.5 Å². The zero-order valence-corrected chi connectivity index (χ0v) is 10.1. The third-order valence-corrected chi connectivity index (χ3v) is 4.05. The van der Waals surface area contributed by atoms with E-state index >= 15 is 0 Å². The second kappa shape index (κ2) is 5.67. The monoisotopic (exact) mass is 226 g/mol. The summed E-state index contributed by atoms with van der Waals surface area (Å²) in [6, 6.07) is 0. The van der Waals surface area contributed by atoms with Gasteiger partial charge < -0.3 is 9.47 Å². The van der Waals surface area contributed by atoms with Crippen molar-refractivity contribution in [3.63, 3.8) is 0 Å². The van der Waals surface area contributed by atoms with Crippen molar-refractivity contribution in [1.82, 2.24) is 0 Å². The lowest BCUT2D eigenvalue weighted by atomic mass is 9.78. The third kappa shape index (κ3) is 2.76. The van der Waals surface area contributed by atoms with Crippen LogP contribution in [0.2, 0.25) is 0 Å². The molecule has 2 rings (SSSR count). The van der Waals surface area contributed by atoms with Gasteiger partial charge in [0.25, 0.3) is 0 Å². The van der Waals surface area contributed by atoms with Crippen LogP contribution in [0, 0.1) is 11.8 Å². The molecule has 0 aromatic carbocycles. The molecule has 3 nitrogen and oxygen atoms in total. The van der Waals surface area contributed by atoms with Crippen molar-refractivity contribution in [3.8, 4) is 0 Å². The number of hydrogen-bond donors (Lipinski definition) is 0. The Morgan fingerprint density at radius 3 is 2.44 bits per heavy atom. The zero-order valence-electron chi connectivity index (χ0n) is 10.1. The number of rotatable bonds is 2. The minimum atomic E-state index is -0.0250. The highest BCUT2D eigenvalue weighted by molar-refractivity contribution is 5.72. The van der Waals surface area contributed by atoms with E-state index < -0.39 is 0 Å². The van der Waals surface area contributed by atoms with Gasteiger partial charge in [-0.15, -0.1) is 0 Å². The molecule has 0 bridgehead atoms. The molecular formula is C13H22O3. The minimum Gasteiger partial charge on any atom is -0.469 e. The number of carbonyl (C=O) groups excluding carboxylic acids is 1. The molecule has 0 N–H and O–H groups in total. The summed E-state index contributed by atoms with van der Waals surface area (Å²) in [4.78, 5) is 11.4. The molecule has 2 aliphatic rings. The van der Waals surface area contributed by atoms with Crippen molar-refractivity contribution in [3.05, 3.63) is 0 Å². The summed E-state index contributed by atoms with van der Waals surface area (Å²) in [6.07, 6.45) is 8.43. The maximum atomic E-state index is 11.4. The van der Waals surface area contributed by atoms with Crippen LogP contribution in [0.1, 0.15) is 44.9 Å². The second-order valence-corrected chi connectivity index (χ2v) is 5.04. The van der Waals surface area contributed by atoms with Crippen LogP contribution in [0.5, 0.6) is 0 Å². The number of carbonyl (C=O) groups is 1. The molecule has 1 unspecified atom stereocenters. The summed E-state index contributed by atoms with van der Waals surface area (Å²) in [7, 11) is 1.48. The third-order valence-electron chi connectivity index (χ3n) is 4.05. The van der Waals surface area contributed by atoms with E-state index in [1.165, 1.54) is 26.4 Å². The summed E-state index contributed by atoms with van der Waals surface area (Å²) in [6.45, 7) is 0.932. The Balaban J connectivity index is 1.78. The lowest BCUT2D eigenvalue weighted by Crippen LogP contribution is -2.32. The first-order valence-corrected chi connectivity index (χ1v) is 6.50. The quantitative estimate of drug-likeness (QED) is 0.679. The molecule has 0 radical (unpaired) electrons. The van der Waals surface area contributed by atoms with E-state index in [0.717, 1.165) is 32.3 Å². The van der Waals surface area contributed by atoms with Crippen LogP contribution in [0.25, 0.3) is 0 Å². The maximum absolute atomic E-state index is 11.4. The van der Waals surface area contributed by atoms with Gasteiger partial charge in [-0.25, -0.2) is 0 Å². The molecule has 0 aromatic heterocycles. The number of methoxy groups -OCH3 is 1. The van der Waals surface area contributed by atoms with Gasteiger partial charge in [0.1, 0.15) is 0 Å². The van der Waals surface area contributed by atoms with Gasteiger partial charge in [0.05, 0.1) is 19.1 Å². The Morgan fingerprint density at radius 2 is 1.88 bits per heavy atom. The molecule has 1 aliphatic heterocycles. The van der Waals surface area contributed by atoms with E-state index in [9.17, 15) is 4.79 Å². The molecule has 0 aromatic rings. The highest BCUT2D eigenvalue weighted by Gasteiger charge is 2.32. The fraction of sp³-hybridized carbons (Fsp3) is 0.923. The molecule has 2 fully saturated rings. The van der Waals surface area contributed by atoms with E-state index in [2.05, 4.69) is 0 Å². The molecular weight excluding hydrogens is 204 g/mol. The summed E-state index contributed by atoms with van der Waals surface area (Å²) in [5.41, 5.74) is 0. The van der Waals surface area contributed by atoms with Crippen molar-refractivity contribution in [1.29, 1.82) is 0 Å². The second-order valence-electron chi connectivity index (χ2n) is 5.04.